The molecule has 18 heavy (non-hydrogen) atoms. The minimum Gasteiger partial charge on any atom is -0.449 e. The number of para-hydroxylation sites is 1. The van der Waals surface area contributed by atoms with Gasteiger partial charge in [0, 0.05) is 5.56 Å². The summed E-state index contributed by atoms with van der Waals surface area (Å²) < 4.78 is 10.8. The first-order chi connectivity index (χ1) is 8.75. The Morgan fingerprint density at radius 2 is 1.78 bits per heavy atom. The minimum atomic E-state index is -0.728. The van der Waals surface area contributed by atoms with Crippen LogP contribution in [0.4, 0.5) is 0 Å². The molecule has 0 radical (unpaired) electrons. The predicted octanol–water partition coefficient (Wildman–Crippen LogP) is 3.59. The van der Waals surface area contributed by atoms with Crippen LogP contribution in [0.15, 0.2) is 48.5 Å². The van der Waals surface area contributed by atoms with Crippen LogP contribution < -0.4 is 4.74 Å². The van der Waals surface area contributed by atoms with Crippen molar-refractivity contribution in [3.05, 3.63) is 64.7 Å². The zero-order valence-corrected chi connectivity index (χ0v) is 10.1. The summed E-state index contributed by atoms with van der Waals surface area (Å²) in [6, 6.07) is 14.2. The smallest absolute Gasteiger partial charge is 0.342 e. The Morgan fingerprint density at radius 1 is 1.06 bits per heavy atom. The molecular weight excluding hydrogens is 252 g/mol. The molecule has 1 aliphatic rings. The van der Waals surface area contributed by atoms with Gasteiger partial charge in [-0.1, -0.05) is 41.9 Å². The fourth-order valence-electron chi connectivity index (χ4n) is 1.86. The van der Waals surface area contributed by atoms with Crippen LogP contribution in [0.3, 0.4) is 0 Å². The molecule has 0 amide bonds. The van der Waals surface area contributed by atoms with Gasteiger partial charge in [-0.15, -0.1) is 0 Å². The average Bonchev–Trinajstić information content (AvgIpc) is 2.70. The van der Waals surface area contributed by atoms with E-state index in [2.05, 4.69) is 0 Å². The largest absolute Gasteiger partial charge is 0.449 e. The molecule has 1 aliphatic heterocycles. The molecule has 0 aromatic heterocycles. The van der Waals surface area contributed by atoms with Gasteiger partial charge < -0.3 is 9.47 Å². The van der Waals surface area contributed by atoms with E-state index < -0.39 is 6.29 Å². The van der Waals surface area contributed by atoms with E-state index in [0.717, 1.165) is 5.56 Å². The van der Waals surface area contributed by atoms with Crippen LogP contribution in [0, 0.1) is 0 Å². The number of cyclic esters (lactones) is 1. The molecule has 3 nitrogen and oxygen atoms in total. The Bertz CT molecular complexity index is 609. The van der Waals surface area contributed by atoms with Gasteiger partial charge in [-0.3, -0.25) is 0 Å². The van der Waals surface area contributed by atoms with Crippen LogP contribution in [0.1, 0.15) is 22.2 Å². The van der Waals surface area contributed by atoms with E-state index in [1.54, 1.807) is 24.3 Å². The van der Waals surface area contributed by atoms with Crippen molar-refractivity contribution in [1.29, 1.82) is 0 Å². The molecule has 0 bridgehead atoms. The van der Waals surface area contributed by atoms with E-state index in [9.17, 15) is 4.79 Å². The molecule has 2 aromatic carbocycles. The molecule has 0 saturated carbocycles. The molecule has 3 rings (SSSR count). The third-order valence-corrected chi connectivity index (χ3v) is 3.03. The highest BCUT2D eigenvalue weighted by atomic mass is 35.5. The molecule has 1 unspecified atom stereocenters. The van der Waals surface area contributed by atoms with Crippen molar-refractivity contribution < 1.29 is 14.3 Å². The SMILES string of the molecule is O=C1OC(Oc2ccccc2Cl)c2ccccc21. The number of halogens is 1. The fraction of sp³-hybridized carbons (Fsp3) is 0.0714. The lowest BCUT2D eigenvalue weighted by atomic mass is 10.1. The van der Waals surface area contributed by atoms with Crippen LogP contribution >= 0.6 is 11.6 Å². The van der Waals surface area contributed by atoms with E-state index in [0.29, 0.717) is 16.3 Å². The summed E-state index contributed by atoms with van der Waals surface area (Å²) in [7, 11) is 0. The van der Waals surface area contributed by atoms with Crippen molar-refractivity contribution in [1.82, 2.24) is 0 Å². The minimum absolute atomic E-state index is 0.373. The summed E-state index contributed by atoms with van der Waals surface area (Å²) in [5.41, 5.74) is 1.26. The second kappa shape index (κ2) is 4.35. The number of esters is 1. The van der Waals surface area contributed by atoms with Crippen LogP contribution in [0.5, 0.6) is 5.75 Å². The normalized spacial score (nSPS) is 17.2. The highest BCUT2D eigenvalue weighted by Crippen LogP contribution is 2.34. The van der Waals surface area contributed by atoms with E-state index >= 15 is 0 Å². The van der Waals surface area contributed by atoms with E-state index in [4.69, 9.17) is 21.1 Å². The Kier molecular flexibility index (Phi) is 2.68. The lowest BCUT2D eigenvalue weighted by molar-refractivity contribution is -0.0381. The van der Waals surface area contributed by atoms with Gasteiger partial charge in [0.15, 0.2) is 0 Å². The van der Waals surface area contributed by atoms with Crippen molar-refractivity contribution in [3.63, 3.8) is 0 Å². The number of fused-ring (bicyclic) bond motifs is 1. The van der Waals surface area contributed by atoms with Crippen molar-refractivity contribution >= 4 is 17.6 Å². The number of rotatable bonds is 2. The quantitative estimate of drug-likeness (QED) is 0.774. The van der Waals surface area contributed by atoms with Crippen molar-refractivity contribution in [2.75, 3.05) is 0 Å². The molecule has 0 aliphatic carbocycles. The van der Waals surface area contributed by atoms with Crippen molar-refractivity contribution in [3.8, 4) is 5.75 Å². The lowest BCUT2D eigenvalue weighted by Gasteiger charge is -2.14. The van der Waals surface area contributed by atoms with E-state index in [1.807, 2.05) is 24.3 Å². The van der Waals surface area contributed by atoms with Crippen LogP contribution in [0.2, 0.25) is 5.02 Å². The number of carbonyl (C=O) groups excluding carboxylic acids is 1. The van der Waals surface area contributed by atoms with Gasteiger partial charge in [0.1, 0.15) is 5.75 Å². The number of benzene rings is 2. The highest BCUT2D eigenvalue weighted by Gasteiger charge is 2.32. The lowest BCUT2D eigenvalue weighted by Crippen LogP contribution is -2.07. The second-order valence-corrected chi connectivity index (χ2v) is 4.28. The summed E-state index contributed by atoms with van der Waals surface area (Å²) in [6.45, 7) is 0. The summed E-state index contributed by atoms with van der Waals surface area (Å²) in [6.07, 6.45) is -0.728. The maximum atomic E-state index is 11.6. The molecular formula is C14H9ClO3. The first-order valence-corrected chi connectivity index (χ1v) is 5.84. The van der Waals surface area contributed by atoms with Crippen LogP contribution in [0.25, 0.3) is 0 Å². The third kappa shape index (κ3) is 1.83. The summed E-state index contributed by atoms with van der Waals surface area (Å²) in [4.78, 5) is 11.6. The molecule has 0 N–H and O–H groups in total. The average molecular weight is 261 g/mol. The van der Waals surface area contributed by atoms with Crippen molar-refractivity contribution in [2.45, 2.75) is 6.29 Å². The molecule has 0 fully saturated rings. The zero-order chi connectivity index (χ0) is 12.5. The van der Waals surface area contributed by atoms with E-state index in [1.165, 1.54) is 0 Å². The summed E-state index contributed by atoms with van der Waals surface area (Å²) in [5, 5.41) is 0.484. The maximum Gasteiger partial charge on any atom is 0.342 e. The van der Waals surface area contributed by atoms with Gasteiger partial charge in [-0.2, -0.15) is 0 Å². The molecule has 0 spiro atoms. The van der Waals surface area contributed by atoms with Gasteiger partial charge in [-0.25, -0.2) is 4.79 Å². The van der Waals surface area contributed by atoms with Gasteiger partial charge in [0.05, 0.1) is 10.6 Å². The monoisotopic (exact) mass is 260 g/mol. The molecule has 1 atom stereocenters. The standard InChI is InChI=1S/C14H9ClO3/c15-11-7-3-4-8-12(11)17-14-10-6-2-1-5-9(10)13(16)18-14/h1-8,14H. The molecule has 4 heteroatoms. The van der Waals surface area contributed by atoms with Crippen molar-refractivity contribution in [2.24, 2.45) is 0 Å². The molecule has 1 heterocycles. The van der Waals surface area contributed by atoms with Gasteiger partial charge in [0.2, 0.25) is 0 Å². The number of carbonyl (C=O) groups is 1. The van der Waals surface area contributed by atoms with Gasteiger partial charge >= 0.3 is 5.97 Å². The Hall–Kier alpha value is -2.00. The van der Waals surface area contributed by atoms with Gasteiger partial charge in [-0.05, 0) is 18.2 Å². The molecule has 0 saturated heterocycles. The number of hydrogen-bond donors (Lipinski definition) is 0. The second-order valence-electron chi connectivity index (χ2n) is 3.87. The summed E-state index contributed by atoms with van der Waals surface area (Å²) >= 11 is 6.00. The molecule has 2 aromatic rings. The van der Waals surface area contributed by atoms with Crippen LogP contribution in [-0.4, -0.2) is 5.97 Å². The number of hydrogen-bond acceptors (Lipinski definition) is 3. The molecule has 90 valence electrons. The van der Waals surface area contributed by atoms with Crippen LogP contribution in [-0.2, 0) is 4.74 Å². The Morgan fingerprint density at radius 3 is 2.61 bits per heavy atom. The predicted molar refractivity (Wildman–Crippen MR) is 66.7 cm³/mol. The fourth-order valence-corrected chi connectivity index (χ4v) is 2.04. The first-order valence-electron chi connectivity index (χ1n) is 5.47. The zero-order valence-electron chi connectivity index (χ0n) is 9.30. The maximum absolute atomic E-state index is 11.6. The number of ether oxygens (including phenoxy) is 2. The highest BCUT2D eigenvalue weighted by molar-refractivity contribution is 6.32. The first kappa shape index (κ1) is 11.1. The Labute approximate surface area is 109 Å². The van der Waals surface area contributed by atoms with Gasteiger partial charge in [0.25, 0.3) is 6.29 Å². The third-order valence-electron chi connectivity index (χ3n) is 2.72. The summed E-state index contributed by atoms with van der Waals surface area (Å²) in [5.74, 6) is 0.122. The van der Waals surface area contributed by atoms with E-state index in [-0.39, 0.29) is 5.97 Å². The Balaban J connectivity index is 1.92. The topological polar surface area (TPSA) is 35.5 Å².